The van der Waals surface area contributed by atoms with Crippen LogP contribution in [0.3, 0.4) is 0 Å². The third-order valence-corrected chi connectivity index (χ3v) is 7.26. The summed E-state index contributed by atoms with van der Waals surface area (Å²) in [6, 6.07) is 8.55. The van der Waals surface area contributed by atoms with Gasteiger partial charge in [-0.25, -0.2) is 0 Å². The first kappa shape index (κ1) is 15.7. The summed E-state index contributed by atoms with van der Waals surface area (Å²) in [7, 11) is 1.99. The maximum Gasteiger partial charge on any atom is 0.228 e. The molecule has 23 heavy (non-hydrogen) atoms. The van der Waals surface area contributed by atoms with Gasteiger partial charge < -0.3 is 4.90 Å². The number of carbonyl (C=O) groups excluding carboxylic acids is 1. The van der Waals surface area contributed by atoms with Crippen LogP contribution in [0.2, 0.25) is 0 Å². The fraction of sp³-hybridized carbons (Fsp3) is 0.650. The number of alkyl halides is 1. The van der Waals surface area contributed by atoms with Crippen molar-refractivity contribution >= 4 is 21.8 Å². The van der Waals surface area contributed by atoms with Gasteiger partial charge in [0.15, 0.2) is 0 Å². The number of nitrogens with zero attached hydrogens (tertiary/aromatic N) is 1. The van der Waals surface area contributed by atoms with Gasteiger partial charge in [0.2, 0.25) is 5.91 Å². The summed E-state index contributed by atoms with van der Waals surface area (Å²) in [6.45, 7) is 2.83. The lowest BCUT2D eigenvalue weighted by atomic mass is 9.49. The Morgan fingerprint density at radius 2 is 1.78 bits per heavy atom. The van der Waals surface area contributed by atoms with Gasteiger partial charge in [0.1, 0.15) is 0 Å². The number of amides is 1. The number of halogens is 1. The van der Waals surface area contributed by atoms with Crippen LogP contribution in [-0.2, 0) is 11.3 Å². The fourth-order valence-corrected chi connectivity index (χ4v) is 7.30. The summed E-state index contributed by atoms with van der Waals surface area (Å²) in [5, 5.41) is 0. The third kappa shape index (κ3) is 2.75. The molecule has 4 fully saturated rings. The van der Waals surface area contributed by atoms with Crippen LogP contribution in [-0.4, -0.2) is 22.2 Å². The van der Waals surface area contributed by atoms with Crippen molar-refractivity contribution in [3.05, 3.63) is 35.4 Å². The van der Waals surface area contributed by atoms with Crippen molar-refractivity contribution < 1.29 is 4.79 Å². The molecule has 0 heterocycles. The molecule has 2 atom stereocenters. The van der Waals surface area contributed by atoms with E-state index in [1.165, 1.54) is 30.4 Å². The van der Waals surface area contributed by atoms with Crippen LogP contribution < -0.4 is 0 Å². The van der Waals surface area contributed by atoms with Crippen LogP contribution >= 0.6 is 15.9 Å². The van der Waals surface area contributed by atoms with Gasteiger partial charge in [-0.1, -0.05) is 45.8 Å². The van der Waals surface area contributed by atoms with Gasteiger partial charge in [0.05, 0.1) is 5.41 Å². The summed E-state index contributed by atoms with van der Waals surface area (Å²) in [4.78, 5) is 15.3. The van der Waals surface area contributed by atoms with E-state index in [1.807, 2.05) is 11.9 Å². The highest BCUT2D eigenvalue weighted by Crippen LogP contribution is 2.64. The second kappa shape index (κ2) is 5.34. The largest absolute Gasteiger partial charge is 0.341 e. The summed E-state index contributed by atoms with van der Waals surface area (Å²) < 4.78 is 0.247. The molecule has 0 aliphatic heterocycles. The number of benzene rings is 1. The molecule has 3 heteroatoms. The summed E-state index contributed by atoms with van der Waals surface area (Å²) in [5.41, 5.74) is 2.40. The normalized spacial score (nSPS) is 37.9. The maximum atomic E-state index is 13.3. The molecule has 2 nitrogen and oxygen atoms in total. The molecule has 0 radical (unpaired) electrons. The van der Waals surface area contributed by atoms with Crippen molar-refractivity contribution in [2.75, 3.05) is 7.05 Å². The van der Waals surface area contributed by atoms with Crippen molar-refractivity contribution in [2.24, 2.45) is 17.3 Å². The minimum atomic E-state index is -0.0902. The van der Waals surface area contributed by atoms with Gasteiger partial charge in [0, 0.05) is 17.9 Å². The summed E-state index contributed by atoms with van der Waals surface area (Å²) in [6.07, 6.45) is 7.19. The van der Waals surface area contributed by atoms with E-state index in [1.54, 1.807) is 0 Å². The fourth-order valence-electron chi connectivity index (χ4n) is 5.85. The zero-order valence-electron chi connectivity index (χ0n) is 14.1. The Hall–Kier alpha value is -0.830. The average Bonchev–Trinajstić information content (AvgIpc) is 2.46. The highest BCUT2D eigenvalue weighted by molar-refractivity contribution is 9.10. The van der Waals surface area contributed by atoms with Gasteiger partial charge in [-0.15, -0.1) is 0 Å². The molecular formula is C20H26BrNO. The van der Waals surface area contributed by atoms with E-state index in [9.17, 15) is 4.79 Å². The molecule has 0 aromatic heterocycles. The Morgan fingerprint density at radius 1 is 1.17 bits per heavy atom. The van der Waals surface area contributed by atoms with Crippen LogP contribution in [0.25, 0.3) is 0 Å². The Kier molecular flexibility index (Phi) is 3.64. The zero-order valence-corrected chi connectivity index (χ0v) is 15.7. The lowest BCUT2D eigenvalue weighted by molar-refractivity contribution is -0.154. The predicted molar refractivity (Wildman–Crippen MR) is 96.4 cm³/mol. The Balaban J connectivity index is 1.53. The number of hydrogen-bond donors (Lipinski definition) is 0. The Bertz CT molecular complexity index is 609. The van der Waals surface area contributed by atoms with E-state index >= 15 is 0 Å². The highest BCUT2D eigenvalue weighted by Gasteiger charge is 2.60. The van der Waals surface area contributed by atoms with Gasteiger partial charge in [0.25, 0.3) is 0 Å². The van der Waals surface area contributed by atoms with Crippen molar-refractivity contribution in [1.29, 1.82) is 0 Å². The molecule has 0 N–H and O–H groups in total. The summed E-state index contributed by atoms with van der Waals surface area (Å²) in [5.74, 6) is 1.90. The van der Waals surface area contributed by atoms with Crippen LogP contribution in [0.15, 0.2) is 24.3 Å². The van der Waals surface area contributed by atoms with E-state index in [4.69, 9.17) is 0 Å². The second-order valence-corrected chi connectivity index (χ2v) is 10.2. The number of aryl methyl sites for hydroxylation is 1. The van der Waals surface area contributed by atoms with Crippen LogP contribution in [0.5, 0.6) is 0 Å². The second-order valence-electron chi connectivity index (χ2n) is 8.54. The van der Waals surface area contributed by atoms with Crippen LogP contribution in [0.1, 0.15) is 49.7 Å². The van der Waals surface area contributed by atoms with Crippen molar-refractivity contribution in [1.82, 2.24) is 4.90 Å². The molecule has 0 saturated heterocycles. The maximum absolute atomic E-state index is 13.3. The SMILES string of the molecule is Cc1ccc(CN(C)C(=O)C23CC4CC(CC(Br)(C4)C2)C3)cc1. The van der Waals surface area contributed by atoms with E-state index in [2.05, 4.69) is 47.1 Å². The first-order valence-electron chi connectivity index (χ1n) is 8.88. The van der Waals surface area contributed by atoms with Gasteiger partial charge in [-0.3, -0.25) is 4.79 Å². The monoisotopic (exact) mass is 375 g/mol. The molecule has 1 aromatic carbocycles. The zero-order chi connectivity index (χ0) is 16.2. The number of hydrogen-bond acceptors (Lipinski definition) is 1. The molecule has 2 unspecified atom stereocenters. The highest BCUT2D eigenvalue weighted by atomic mass is 79.9. The average molecular weight is 376 g/mol. The molecule has 4 aliphatic rings. The van der Waals surface area contributed by atoms with Crippen molar-refractivity contribution in [3.63, 3.8) is 0 Å². The third-order valence-electron chi connectivity index (χ3n) is 6.33. The number of rotatable bonds is 3. The molecule has 1 amide bonds. The van der Waals surface area contributed by atoms with Gasteiger partial charge in [-0.2, -0.15) is 0 Å². The molecule has 4 aliphatic carbocycles. The standard InChI is InChI=1S/C20H26BrNO/c1-14-3-5-15(6-4-14)12-22(2)18(23)19-8-16-7-17(9-19)11-20(21,10-16)13-19/h3-6,16-17H,7-13H2,1-2H3. The van der Waals surface area contributed by atoms with E-state index in [-0.39, 0.29) is 9.74 Å². The smallest absolute Gasteiger partial charge is 0.228 e. The Morgan fingerprint density at radius 3 is 2.35 bits per heavy atom. The first-order chi connectivity index (χ1) is 10.9. The molecule has 4 saturated carbocycles. The minimum Gasteiger partial charge on any atom is -0.341 e. The topological polar surface area (TPSA) is 20.3 Å². The van der Waals surface area contributed by atoms with Crippen LogP contribution in [0.4, 0.5) is 0 Å². The number of carbonyl (C=O) groups is 1. The van der Waals surface area contributed by atoms with Crippen LogP contribution in [0, 0.1) is 24.2 Å². The molecular weight excluding hydrogens is 350 g/mol. The molecule has 5 rings (SSSR count). The van der Waals surface area contributed by atoms with E-state index in [0.717, 1.165) is 37.6 Å². The summed E-state index contributed by atoms with van der Waals surface area (Å²) >= 11 is 4.01. The predicted octanol–water partition coefficient (Wildman–Crippen LogP) is 4.69. The lowest BCUT2D eigenvalue weighted by Crippen LogP contribution is -2.58. The molecule has 0 spiro atoms. The van der Waals surface area contributed by atoms with Crippen molar-refractivity contribution in [3.8, 4) is 0 Å². The molecule has 1 aromatic rings. The lowest BCUT2D eigenvalue weighted by Gasteiger charge is -2.60. The van der Waals surface area contributed by atoms with Gasteiger partial charge in [-0.05, 0) is 62.8 Å². The molecule has 124 valence electrons. The van der Waals surface area contributed by atoms with E-state index < -0.39 is 0 Å². The van der Waals surface area contributed by atoms with E-state index in [0.29, 0.717) is 5.91 Å². The minimum absolute atomic E-state index is 0.0902. The quantitative estimate of drug-likeness (QED) is 0.701. The first-order valence-corrected chi connectivity index (χ1v) is 9.67. The molecule has 4 bridgehead atoms. The van der Waals surface area contributed by atoms with Crippen molar-refractivity contribution in [2.45, 2.75) is 56.3 Å². The Labute approximate surface area is 147 Å². The van der Waals surface area contributed by atoms with Gasteiger partial charge >= 0.3 is 0 Å².